The van der Waals surface area contributed by atoms with E-state index in [0.29, 0.717) is 0 Å². The number of carbonyl (C=O) groups is 1. The molecule has 0 unspecified atom stereocenters. The summed E-state index contributed by atoms with van der Waals surface area (Å²) in [6.07, 6.45) is 9.82. The second-order valence-electron chi connectivity index (χ2n) is 5.86. The van der Waals surface area contributed by atoms with Crippen LogP contribution in [-0.4, -0.2) is 5.78 Å². The van der Waals surface area contributed by atoms with Crippen LogP contribution >= 0.6 is 22.7 Å². The highest BCUT2D eigenvalue weighted by molar-refractivity contribution is 7.17. The molecule has 0 amide bonds. The maximum atomic E-state index is 12.7. The molecule has 0 aliphatic heterocycles. The van der Waals surface area contributed by atoms with E-state index in [4.69, 9.17) is 0 Å². The molecule has 20 heavy (non-hydrogen) atoms. The van der Waals surface area contributed by atoms with Crippen LogP contribution in [-0.2, 0) is 25.7 Å². The minimum Gasteiger partial charge on any atom is -0.287 e. The third kappa shape index (κ3) is 2.17. The molecular formula is C17H18OS2. The topological polar surface area (TPSA) is 17.1 Å². The standard InChI is InChI=1S/C17H18OS2/c18-17(15-9-11-5-1-3-7-13(11)19-15)16-10-12-6-2-4-8-14(12)20-16/h9-10H,1-8H2. The summed E-state index contributed by atoms with van der Waals surface area (Å²) in [6.45, 7) is 0. The average molecular weight is 302 g/mol. The summed E-state index contributed by atoms with van der Waals surface area (Å²) >= 11 is 3.48. The van der Waals surface area contributed by atoms with Gasteiger partial charge in [-0.3, -0.25) is 4.79 Å². The minimum atomic E-state index is 0.267. The molecular weight excluding hydrogens is 284 g/mol. The predicted molar refractivity (Wildman–Crippen MR) is 85.4 cm³/mol. The number of ketones is 1. The molecule has 0 saturated carbocycles. The number of rotatable bonds is 2. The summed E-state index contributed by atoms with van der Waals surface area (Å²) in [5.74, 6) is 0.267. The Bertz CT molecular complexity index is 559. The molecule has 0 radical (unpaired) electrons. The number of aryl methyl sites for hydroxylation is 4. The van der Waals surface area contributed by atoms with E-state index in [9.17, 15) is 4.79 Å². The molecule has 2 heterocycles. The Morgan fingerprint density at radius 3 is 1.65 bits per heavy atom. The van der Waals surface area contributed by atoms with Crippen molar-refractivity contribution in [3.05, 3.63) is 42.8 Å². The molecule has 0 atom stereocenters. The smallest absolute Gasteiger partial charge is 0.212 e. The van der Waals surface area contributed by atoms with E-state index >= 15 is 0 Å². The van der Waals surface area contributed by atoms with Crippen LogP contribution in [0.15, 0.2) is 12.1 Å². The predicted octanol–water partition coefficient (Wildman–Crippen LogP) is 4.80. The normalized spacial score (nSPS) is 17.6. The minimum absolute atomic E-state index is 0.267. The second kappa shape index (κ2) is 5.12. The van der Waals surface area contributed by atoms with Gasteiger partial charge in [0.25, 0.3) is 0 Å². The highest BCUT2D eigenvalue weighted by Gasteiger charge is 2.22. The van der Waals surface area contributed by atoms with Crippen molar-refractivity contribution in [2.45, 2.75) is 51.4 Å². The molecule has 2 aromatic heterocycles. The first-order valence-electron chi connectivity index (χ1n) is 7.59. The van der Waals surface area contributed by atoms with E-state index in [2.05, 4.69) is 12.1 Å². The quantitative estimate of drug-likeness (QED) is 0.728. The van der Waals surface area contributed by atoms with E-state index < -0.39 is 0 Å². The van der Waals surface area contributed by atoms with Crippen molar-refractivity contribution in [2.75, 3.05) is 0 Å². The van der Waals surface area contributed by atoms with E-state index in [-0.39, 0.29) is 5.78 Å². The molecule has 0 spiro atoms. The SMILES string of the molecule is O=C(c1cc2c(s1)CCCC2)c1cc2c(s1)CCCC2. The zero-order chi connectivity index (χ0) is 13.5. The third-order valence-electron chi connectivity index (χ3n) is 4.44. The fourth-order valence-corrected chi connectivity index (χ4v) is 5.81. The number of fused-ring (bicyclic) bond motifs is 2. The van der Waals surface area contributed by atoms with Crippen LogP contribution in [0.2, 0.25) is 0 Å². The van der Waals surface area contributed by atoms with Gasteiger partial charge in [0.1, 0.15) is 0 Å². The Labute approximate surface area is 127 Å². The lowest BCUT2D eigenvalue weighted by molar-refractivity contribution is 0.104. The number of hydrogen-bond donors (Lipinski definition) is 0. The Kier molecular flexibility index (Phi) is 3.27. The molecule has 0 fully saturated rings. The van der Waals surface area contributed by atoms with Gasteiger partial charge in [0, 0.05) is 9.75 Å². The molecule has 2 aromatic rings. The van der Waals surface area contributed by atoms with Gasteiger partial charge in [-0.2, -0.15) is 0 Å². The molecule has 3 heteroatoms. The van der Waals surface area contributed by atoms with Crippen LogP contribution in [0.3, 0.4) is 0 Å². The van der Waals surface area contributed by atoms with Crippen molar-refractivity contribution >= 4 is 28.5 Å². The zero-order valence-electron chi connectivity index (χ0n) is 11.5. The Balaban J connectivity index is 1.66. The fourth-order valence-electron chi connectivity index (χ4n) is 3.33. The average Bonchev–Trinajstić information content (AvgIpc) is 3.10. The van der Waals surface area contributed by atoms with Crippen molar-refractivity contribution in [2.24, 2.45) is 0 Å². The Hall–Kier alpha value is -0.930. The Morgan fingerprint density at radius 1 is 0.750 bits per heavy atom. The van der Waals surface area contributed by atoms with Gasteiger partial charge in [0.2, 0.25) is 5.78 Å². The lowest BCUT2D eigenvalue weighted by Crippen LogP contribution is -1.97. The molecule has 0 aromatic carbocycles. The van der Waals surface area contributed by atoms with Gasteiger partial charge in [-0.25, -0.2) is 0 Å². The van der Waals surface area contributed by atoms with Crippen LogP contribution in [0.25, 0.3) is 0 Å². The summed E-state index contributed by atoms with van der Waals surface area (Å²) in [5.41, 5.74) is 2.87. The van der Waals surface area contributed by atoms with Crippen molar-refractivity contribution in [3.63, 3.8) is 0 Å². The maximum absolute atomic E-state index is 12.7. The summed E-state index contributed by atoms with van der Waals surface area (Å²) in [5, 5.41) is 0. The van der Waals surface area contributed by atoms with Gasteiger partial charge in [-0.05, 0) is 74.6 Å². The first kappa shape index (κ1) is 12.8. The van der Waals surface area contributed by atoms with Crippen LogP contribution in [0.4, 0.5) is 0 Å². The molecule has 1 nitrogen and oxygen atoms in total. The van der Waals surface area contributed by atoms with Gasteiger partial charge >= 0.3 is 0 Å². The fraction of sp³-hybridized carbons (Fsp3) is 0.471. The van der Waals surface area contributed by atoms with Crippen molar-refractivity contribution < 1.29 is 4.79 Å². The molecule has 104 valence electrons. The number of carbonyl (C=O) groups excluding carboxylic acids is 1. The number of hydrogen-bond acceptors (Lipinski definition) is 3. The summed E-state index contributed by atoms with van der Waals surface area (Å²) in [7, 11) is 0. The van der Waals surface area contributed by atoms with Gasteiger partial charge in [0.05, 0.1) is 9.75 Å². The van der Waals surface area contributed by atoms with E-state index in [1.165, 1.54) is 72.2 Å². The zero-order valence-corrected chi connectivity index (χ0v) is 13.2. The van der Waals surface area contributed by atoms with Crippen molar-refractivity contribution in [3.8, 4) is 0 Å². The largest absolute Gasteiger partial charge is 0.287 e. The molecule has 2 aliphatic rings. The first-order chi connectivity index (χ1) is 9.81. The summed E-state index contributed by atoms with van der Waals surface area (Å²) < 4.78 is 0. The lowest BCUT2D eigenvalue weighted by atomic mass is 9.98. The van der Waals surface area contributed by atoms with Gasteiger partial charge < -0.3 is 0 Å². The van der Waals surface area contributed by atoms with Gasteiger partial charge in [-0.1, -0.05) is 0 Å². The molecule has 0 N–H and O–H groups in total. The molecule has 2 aliphatic carbocycles. The van der Waals surface area contributed by atoms with Crippen LogP contribution < -0.4 is 0 Å². The third-order valence-corrected chi connectivity index (χ3v) is 6.91. The van der Waals surface area contributed by atoms with Crippen molar-refractivity contribution in [1.82, 2.24) is 0 Å². The van der Waals surface area contributed by atoms with Crippen LogP contribution in [0.5, 0.6) is 0 Å². The highest BCUT2D eigenvalue weighted by Crippen LogP contribution is 2.34. The first-order valence-corrected chi connectivity index (χ1v) is 9.22. The number of thiophene rings is 2. The van der Waals surface area contributed by atoms with Crippen LogP contribution in [0, 0.1) is 0 Å². The maximum Gasteiger partial charge on any atom is 0.212 e. The second-order valence-corrected chi connectivity index (χ2v) is 8.13. The summed E-state index contributed by atoms with van der Waals surface area (Å²) in [4.78, 5) is 17.6. The highest BCUT2D eigenvalue weighted by atomic mass is 32.1. The molecule has 4 rings (SSSR count). The van der Waals surface area contributed by atoms with Crippen LogP contribution in [0.1, 0.15) is 61.1 Å². The molecule has 0 bridgehead atoms. The van der Waals surface area contributed by atoms with E-state index in [0.717, 1.165) is 9.75 Å². The lowest BCUT2D eigenvalue weighted by Gasteiger charge is -2.08. The van der Waals surface area contributed by atoms with Gasteiger partial charge in [-0.15, -0.1) is 22.7 Å². The van der Waals surface area contributed by atoms with Gasteiger partial charge in [0.15, 0.2) is 0 Å². The Morgan fingerprint density at radius 2 is 1.20 bits per heavy atom. The molecule has 0 saturated heterocycles. The van der Waals surface area contributed by atoms with E-state index in [1.54, 1.807) is 22.7 Å². The monoisotopic (exact) mass is 302 g/mol. The van der Waals surface area contributed by atoms with E-state index in [1.807, 2.05) is 0 Å². The van der Waals surface area contributed by atoms with Crippen molar-refractivity contribution in [1.29, 1.82) is 0 Å². The summed E-state index contributed by atoms with van der Waals surface area (Å²) in [6, 6.07) is 4.33.